The van der Waals surface area contributed by atoms with E-state index in [1.165, 1.54) is 0 Å². The monoisotopic (exact) mass is 473 g/mol. The van der Waals surface area contributed by atoms with Gasteiger partial charge in [-0.3, -0.25) is 0 Å². The standard InChI is InChI=1S/C22H17Cl2N3OS2/c1-13-21(30-22(25-13)15-5-3-4-6-19(15)28-2)18-9-10-20(27-26-18)29-12-14-7-8-16(23)17(24)11-14/h3-11H,12H2,1-2H3. The van der Waals surface area contributed by atoms with E-state index in [2.05, 4.69) is 10.2 Å². The van der Waals surface area contributed by atoms with Crippen molar-refractivity contribution in [1.29, 1.82) is 0 Å². The van der Waals surface area contributed by atoms with Crippen molar-refractivity contribution in [2.24, 2.45) is 0 Å². The maximum Gasteiger partial charge on any atom is 0.129 e. The zero-order chi connectivity index (χ0) is 21.1. The van der Waals surface area contributed by atoms with Crippen LogP contribution in [0.15, 0.2) is 59.6 Å². The van der Waals surface area contributed by atoms with Crippen LogP contribution in [0, 0.1) is 6.92 Å². The van der Waals surface area contributed by atoms with Gasteiger partial charge in [0.15, 0.2) is 0 Å². The first-order chi connectivity index (χ1) is 14.5. The van der Waals surface area contributed by atoms with Gasteiger partial charge in [-0.25, -0.2) is 4.98 Å². The summed E-state index contributed by atoms with van der Waals surface area (Å²) in [7, 11) is 1.67. The first-order valence-corrected chi connectivity index (χ1v) is 11.6. The van der Waals surface area contributed by atoms with Crippen LogP contribution < -0.4 is 4.74 Å². The van der Waals surface area contributed by atoms with E-state index >= 15 is 0 Å². The second-order valence-corrected chi connectivity index (χ2v) is 9.24. The van der Waals surface area contributed by atoms with E-state index in [4.69, 9.17) is 32.9 Å². The van der Waals surface area contributed by atoms with Crippen LogP contribution in [-0.2, 0) is 5.75 Å². The number of aromatic nitrogens is 3. The molecule has 0 fully saturated rings. The summed E-state index contributed by atoms with van der Waals surface area (Å²) < 4.78 is 5.47. The zero-order valence-electron chi connectivity index (χ0n) is 16.2. The Morgan fingerprint density at radius 3 is 2.57 bits per heavy atom. The maximum atomic E-state index is 6.08. The van der Waals surface area contributed by atoms with Gasteiger partial charge in [-0.15, -0.1) is 21.5 Å². The number of hydrogen-bond acceptors (Lipinski definition) is 6. The Kier molecular flexibility index (Phi) is 6.58. The SMILES string of the molecule is COc1ccccc1-c1nc(C)c(-c2ccc(SCc3ccc(Cl)c(Cl)c3)nn2)s1. The van der Waals surface area contributed by atoms with Gasteiger partial charge in [-0.05, 0) is 48.9 Å². The molecule has 0 atom stereocenters. The van der Waals surface area contributed by atoms with E-state index in [9.17, 15) is 0 Å². The molecule has 2 heterocycles. The van der Waals surface area contributed by atoms with Crippen molar-refractivity contribution in [2.75, 3.05) is 7.11 Å². The first-order valence-electron chi connectivity index (χ1n) is 9.07. The van der Waals surface area contributed by atoms with E-state index in [0.29, 0.717) is 10.0 Å². The highest BCUT2D eigenvalue weighted by Crippen LogP contribution is 2.38. The number of methoxy groups -OCH3 is 1. The van der Waals surface area contributed by atoms with Crippen molar-refractivity contribution in [3.63, 3.8) is 0 Å². The number of ether oxygens (including phenoxy) is 1. The molecule has 0 spiro atoms. The summed E-state index contributed by atoms with van der Waals surface area (Å²) >= 11 is 15.2. The molecule has 0 amide bonds. The van der Waals surface area contributed by atoms with Gasteiger partial charge in [0.25, 0.3) is 0 Å². The van der Waals surface area contributed by atoms with Crippen molar-refractivity contribution < 1.29 is 4.74 Å². The quantitative estimate of drug-likeness (QED) is 0.277. The van der Waals surface area contributed by atoms with Gasteiger partial charge < -0.3 is 4.74 Å². The average Bonchev–Trinajstić information content (AvgIpc) is 3.16. The fourth-order valence-electron chi connectivity index (χ4n) is 2.88. The Hall–Kier alpha value is -2.12. The summed E-state index contributed by atoms with van der Waals surface area (Å²) in [5, 5.41) is 11.7. The number of thioether (sulfide) groups is 1. The molecular formula is C22H17Cl2N3OS2. The van der Waals surface area contributed by atoms with Crippen molar-refractivity contribution >= 4 is 46.3 Å². The van der Waals surface area contributed by atoms with Crippen LogP contribution in [0.25, 0.3) is 21.1 Å². The molecule has 0 saturated carbocycles. The normalized spacial score (nSPS) is 10.9. The second-order valence-electron chi connectivity index (χ2n) is 6.43. The summed E-state index contributed by atoms with van der Waals surface area (Å²) in [6.07, 6.45) is 0. The zero-order valence-corrected chi connectivity index (χ0v) is 19.4. The molecule has 0 N–H and O–H groups in total. The molecule has 2 aromatic heterocycles. The predicted molar refractivity (Wildman–Crippen MR) is 126 cm³/mol. The molecule has 152 valence electrons. The number of benzene rings is 2. The fraction of sp³-hybridized carbons (Fsp3) is 0.136. The molecular weight excluding hydrogens is 457 g/mol. The largest absolute Gasteiger partial charge is 0.496 e. The third kappa shape index (κ3) is 4.62. The number of rotatable bonds is 6. The van der Waals surface area contributed by atoms with Gasteiger partial charge in [0.05, 0.1) is 33.3 Å². The molecule has 0 unspecified atom stereocenters. The predicted octanol–water partition coefficient (Wildman–Crippen LogP) is 7.18. The summed E-state index contributed by atoms with van der Waals surface area (Å²) in [6, 6.07) is 17.5. The lowest BCUT2D eigenvalue weighted by molar-refractivity contribution is 0.416. The lowest BCUT2D eigenvalue weighted by Crippen LogP contribution is -1.90. The van der Waals surface area contributed by atoms with Crippen LogP contribution in [0.3, 0.4) is 0 Å². The third-order valence-electron chi connectivity index (χ3n) is 4.38. The Labute approximate surface area is 193 Å². The smallest absolute Gasteiger partial charge is 0.129 e. The van der Waals surface area contributed by atoms with Crippen LogP contribution in [-0.4, -0.2) is 22.3 Å². The van der Waals surface area contributed by atoms with E-state index < -0.39 is 0 Å². The molecule has 0 radical (unpaired) electrons. The van der Waals surface area contributed by atoms with Crippen LogP contribution in [0.4, 0.5) is 0 Å². The van der Waals surface area contributed by atoms with Gasteiger partial charge in [-0.2, -0.15) is 0 Å². The third-order valence-corrected chi connectivity index (χ3v) is 7.32. The molecule has 0 aliphatic carbocycles. The highest BCUT2D eigenvalue weighted by atomic mass is 35.5. The number of thiazole rings is 1. The van der Waals surface area contributed by atoms with Gasteiger partial charge in [-0.1, -0.05) is 53.2 Å². The topological polar surface area (TPSA) is 47.9 Å². The van der Waals surface area contributed by atoms with Crippen LogP contribution in [0.1, 0.15) is 11.3 Å². The number of nitrogens with zero attached hydrogens (tertiary/aromatic N) is 3. The minimum Gasteiger partial charge on any atom is -0.496 e. The van der Waals surface area contributed by atoms with Gasteiger partial charge >= 0.3 is 0 Å². The van der Waals surface area contributed by atoms with Crippen LogP contribution in [0.5, 0.6) is 5.75 Å². The highest BCUT2D eigenvalue weighted by molar-refractivity contribution is 7.98. The fourth-order valence-corrected chi connectivity index (χ4v) is 5.01. The molecule has 0 aliphatic rings. The van der Waals surface area contributed by atoms with E-state index in [-0.39, 0.29) is 0 Å². The number of hydrogen-bond donors (Lipinski definition) is 0. The Balaban J connectivity index is 1.51. The van der Waals surface area contributed by atoms with Crippen molar-refractivity contribution in [1.82, 2.24) is 15.2 Å². The maximum absolute atomic E-state index is 6.08. The molecule has 0 aliphatic heterocycles. The Morgan fingerprint density at radius 1 is 1.00 bits per heavy atom. The molecule has 4 rings (SSSR count). The van der Waals surface area contributed by atoms with Crippen LogP contribution in [0.2, 0.25) is 10.0 Å². The van der Waals surface area contributed by atoms with E-state index in [1.807, 2.05) is 55.5 Å². The number of para-hydroxylation sites is 1. The molecule has 4 nitrogen and oxygen atoms in total. The molecule has 0 saturated heterocycles. The van der Waals surface area contributed by atoms with Crippen molar-refractivity contribution in [3.8, 4) is 26.9 Å². The van der Waals surface area contributed by atoms with E-state index in [0.717, 1.165) is 48.9 Å². The van der Waals surface area contributed by atoms with E-state index in [1.54, 1.807) is 36.3 Å². The molecule has 4 aromatic rings. The Bertz CT molecular complexity index is 1180. The first kappa shape index (κ1) is 21.1. The lowest BCUT2D eigenvalue weighted by atomic mass is 10.2. The highest BCUT2D eigenvalue weighted by Gasteiger charge is 2.15. The lowest BCUT2D eigenvalue weighted by Gasteiger charge is -2.04. The second kappa shape index (κ2) is 9.35. The van der Waals surface area contributed by atoms with Crippen molar-refractivity contribution in [3.05, 3.63) is 75.9 Å². The number of aryl methyl sites for hydroxylation is 1. The average molecular weight is 474 g/mol. The van der Waals surface area contributed by atoms with Gasteiger partial charge in [0.1, 0.15) is 21.5 Å². The molecule has 8 heteroatoms. The molecule has 30 heavy (non-hydrogen) atoms. The summed E-state index contributed by atoms with van der Waals surface area (Å²) in [6.45, 7) is 1.99. The summed E-state index contributed by atoms with van der Waals surface area (Å²) in [5.74, 6) is 1.54. The summed E-state index contributed by atoms with van der Waals surface area (Å²) in [4.78, 5) is 5.73. The van der Waals surface area contributed by atoms with Gasteiger partial charge in [0, 0.05) is 5.75 Å². The minimum atomic E-state index is 0.557. The van der Waals surface area contributed by atoms with Gasteiger partial charge in [0.2, 0.25) is 0 Å². The Morgan fingerprint density at radius 2 is 1.83 bits per heavy atom. The number of halogens is 2. The van der Waals surface area contributed by atoms with Crippen LogP contribution >= 0.6 is 46.3 Å². The summed E-state index contributed by atoms with van der Waals surface area (Å²) in [5.41, 5.74) is 3.79. The molecule has 2 aromatic carbocycles. The molecule has 0 bridgehead atoms. The van der Waals surface area contributed by atoms with Crippen molar-refractivity contribution in [2.45, 2.75) is 17.7 Å². The minimum absolute atomic E-state index is 0.557.